The van der Waals surface area contributed by atoms with Crippen molar-refractivity contribution in [3.05, 3.63) is 20.2 Å². The molecule has 0 spiro atoms. The van der Waals surface area contributed by atoms with Crippen LogP contribution in [0.25, 0.3) is 0 Å². The van der Waals surface area contributed by atoms with Crippen LogP contribution in [0, 0.1) is 10.5 Å². The van der Waals surface area contributed by atoms with E-state index >= 15 is 0 Å². The molecule has 0 radical (unpaired) electrons. The van der Waals surface area contributed by atoms with Gasteiger partial charge in [-0.15, -0.1) is 0 Å². The average molecular weight is 312 g/mol. The Morgan fingerprint density at radius 1 is 1.38 bits per heavy atom. The van der Waals surface area contributed by atoms with Crippen molar-refractivity contribution < 1.29 is 0 Å². The summed E-state index contributed by atoms with van der Waals surface area (Å²) in [7, 11) is 3.95. The fraction of sp³-hybridized carbons (Fsp3) is 0.500. The molecule has 1 rings (SSSR count). The monoisotopic (exact) mass is 311 g/mol. The van der Waals surface area contributed by atoms with Crippen LogP contribution in [0.5, 0.6) is 0 Å². The van der Waals surface area contributed by atoms with E-state index in [4.69, 9.17) is 11.6 Å². The molecule has 1 aromatic heterocycles. The highest BCUT2D eigenvalue weighted by Crippen LogP contribution is 2.18. The highest BCUT2D eigenvalue weighted by Gasteiger charge is 2.07. The van der Waals surface area contributed by atoms with Gasteiger partial charge in [-0.1, -0.05) is 11.6 Å². The van der Waals surface area contributed by atoms with Gasteiger partial charge in [0.1, 0.15) is 11.0 Å². The summed E-state index contributed by atoms with van der Waals surface area (Å²) in [5, 5.41) is 0.546. The second kappa shape index (κ2) is 4.52. The van der Waals surface area contributed by atoms with Crippen LogP contribution in [0.15, 0.2) is 0 Å². The van der Waals surface area contributed by atoms with Crippen LogP contribution in [0.4, 0.5) is 0 Å². The van der Waals surface area contributed by atoms with E-state index in [1.165, 1.54) is 0 Å². The Hall–Kier alpha value is 0.0600. The highest BCUT2D eigenvalue weighted by atomic mass is 127. The van der Waals surface area contributed by atoms with Crippen LogP contribution in [0.1, 0.15) is 11.5 Å². The summed E-state index contributed by atoms with van der Waals surface area (Å²) in [6.07, 6.45) is 0. The van der Waals surface area contributed by atoms with Gasteiger partial charge >= 0.3 is 0 Å². The number of hydrogen-bond donors (Lipinski definition) is 0. The van der Waals surface area contributed by atoms with Crippen LogP contribution in [-0.2, 0) is 6.54 Å². The van der Waals surface area contributed by atoms with Gasteiger partial charge in [-0.05, 0) is 43.6 Å². The van der Waals surface area contributed by atoms with Crippen molar-refractivity contribution in [2.24, 2.45) is 0 Å². The van der Waals surface area contributed by atoms with Crippen LogP contribution in [-0.4, -0.2) is 29.0 Å². The van der Waals surface area contributed by atoms with Crippen LogP contribution < -0.4 is 0 Å². The van der Waals surface area contributed by atoms with Gasteiger partial charge in [0.15, 0.2) is 0 Å². The number of aromatic nitrogens is 2. The van der Waals surface area contributed by atoms with Crippen molar-refractivity contribution in [1.29, 1.82) is 0 Å². The van der Waals surface area contributed by atoms with Crippen LogP contribution in [0.2, 0.25) is 5.15 Å². The van der Waals surface area contributed by atoms with Crippen molar-refractivity contribution >= 4 is 34.2 Å². The van der Waals surface area contributed by atoms with Crippen molar-refractivity contribution in [3.63, 3.8) is 0 Å². The summed E-state index contributed by atoms with van der Waals surface area (Å²) in [5.41, 5.74) is 0.942. The standard InChI is InChI=1S/C8H11ClIN3/c1-5-7(10)8(9)12-6(11-5)4-13(2)3/h4H2,1-3H3. The van der Waals surface area contributed by atoms with Gasteiger partial charge in [0, 0.05) is 0 Å². The average Bonchev–Trinajstić information content (AvgIpc) is 1.98. The van der Waals surface area contributed by atoms with E-state index in [1.54, 1.807) is 0 Å². The summed E-state index contributed by atoms with van der Waals surface area (Å²) in [5.74, 6) is 0.771. The minimum atomic E-state index is 0.546. The molecule has 0 fully saturated rings. The summed E-state index contributed by atoms with van der Waals surface area (Å²) < 4.78 is 0.932. The van der Waals surface area contributed by atoms with E-state index in [2.05, 4.69) is 32.6 Å². The fourth-order valence-corrected chi connectivity index (χ4v) is 1.41. The van der Waals surface area contributed by atoms with Crippen LogP contribution in [0.3, 0.4) is 0 Å². The van der Waals surface area contributed by atoms with Crippen LogP contribution >= 0.6 is 34.2 Å². The van der Waals surface area contributed by atoms with Crippen molar-refractivity contribution in [3.8, 4) is 0 Å². The summed E-state index contributed by atoms with van der Waals surface area (Å²) in [4.78, 5) is 10.5. The lowest BCUT2D eigenvalue weighted by molar-refractivity contribution is 0.390. The number of hydrogen-bond acceptors (Lipinski definition) is 3. The number of rotatable bonds is 2. The molecule has 0 unspecified atom stereocenters. The maximum absolute atomic E-state index is 5.93. The second-order valence-electron chi connectivity index (χ2n) is 3.07. The molecule has 0 saturated heterocycles. The Bertz CT molecular complexity index is 291. The molecule has 0 aliphatic rings. The van der Waals surface area contributed by atoms with Gasteiger partial charge < -0.3 is 4.90 Å². The van der Waals surface area contributed by atoms with Gasteiger partial charge in [-0.2, -0.15) is 0 Å². The van der Waals surface area contributed by atoms with Gasteiger partial charge in [0.2, 0.25) is 0 Å². The van der Waals surface area contributed by atoms with Crippen molar-refractivity contribution in [2.75, 3.05) is 14.1 Å². The first-order valence-electron chi connectivity index (χ1n) is 3.84. The largest absolute Gasteiger partial charge is 0.302 e. The lowest BCUT2D eigenvalue weighted by Gasteiger charge is -2.09. The summed E-state index contributed by atoms with van der Waals surface area (Å²) >= 11 is 8.07. The second-order valence-corrected chi connectivity index (χ2v) is 4.50. The van der Waals surface area contributed by atoms with E-state index in [-0.39, 0.29) is 0 Å². The van der Waals surface area contributed by atoms with E-state index in [9.17, 15) is 0 Å². The molecule has 0 aliphatic carbocycles. The van der Waals surface area contributed by atoms with E-state index in [0.29, 0.717) is 5.15 Å². The molecule has 1 aromatic rings. The number of halogens is 2. The van der Waals surface area contributed by atoms with Crippen molar-refractivity contribution in [1.82, 2.24) is 14.9 Å². The quantitative estimate of drug-likeness (QED) is 0.619. The molecule has 0 saturated carbocycles. The molecule has 0 N–H and O–H groups in total. The first kappa shape index (κ1) is 11.1. The van der Waals surface area contributed by atoms with Crippen molar-refractivity contribution in [2.45, 2.75) is 13.5 Å². The zero-order chi connectivity index (χ0) is 10.0. The molecule has 0 atom stereocenters. The molecular weight excluding hydrogens is 300 g/mol. The maximum Gasteiger partial charge on any atom is 0.146 e. The zero-order valence-corrected chi connectivity index (χ0v) is 10.7. The molecule has 0 amide bonds. The number of nitrogens with zero attached hydrogens (tertiary/aromatic N) is 3. The lowest BCUT2D eigenvalue weighted by atomic mass is 10.4. The Morgan fingerprint density at radius 2 is 2.00 bits per heavy atom. The molecule has 0 aliphatic heterocycles. The molecular formula is C8H11ClIN3. The van der Waals surface area contributed by atoms with Gasteiger partial charge in [0.25, 0.3) is 0 Å². The summed E-state index contributed by atoms with van der Waals surface area (Å²) in [6, 6.07) is 0. The Morgan fingerprint density at radius 3 is 2.46 bits per heavy atom. The smallest absolute Gasteiger partial charge is 0.146 e. The normalized spacial score (nSPS) is 10.9. The molecule has 0 bridgehead atoms. The zero-order valence-electron chi connectivity index (χ0n) is 7.80. The Kier molecular flexibility index (Phi) is 3.87. The molecule has 72 valence electrons. The van der Waals surface area contributed by atoms with E-state index in [0.717, 1.165) is 21.6 Å². The first-order valence-corrected chi connectivity index (χ1v) is 5.29. The van der Waals surface area contributed by atoms with E-state index in [1.807, 2.05) is 25.9 Å². The minimum absolute atomic E-state index is 0.546. The maximum atomic E-state index is 5.93. The van der Waals surface area contributed by atoms with Gasteiger partial charge in [-0.25, -0.2) is 9.97 Å². The summed E-state index contributed by atoms with van der Waals surface area (Å²) in [6.45, 7) is 2.66. The molecule has 3 nitrogen and oxygen atoms in total. The molecule has 5 heteroatoms. The van der Waals surface area contributed by atoms with Gasteiger partial charge in [-0.3, -0.25) is 0 Å². The number of aryl methyl sites for hydroxylation is 1. The highest BCUT2D eigenvalue weighted by molar-refractivity contribution is 14.1. The molecule has 1 heterocycles. The molecule has 0 aromatic carbocycles. The Balaban J connectivity index is 2.99. The predicted octanol–water partition coefficient (Wildman–Crippen LogP) is 2.10. The lowest BCUT2D eigenvalue weighted by Crippen LogP contribution is -2.14. The Labute approximate surface area is 96.7 Å². The SMILES string of the molecule is Cc1nc(CN(C)C)nc(Cl)c1I. The van der Waals surface area contributed by atoms with E-state index < -0.39 is 0 Å². The predicted molar refractivity (Wildman–Crippen MR) is 61.9 cm³/mol. The third-order valence-electron chi connectivity index (χ3n) is 1.48. The van der Waals surface area contributed by atoms with Gasteiger partial charge in [0.05, 0.1) is 15.8 Å². The minimum Gasteiger partial charge on any atom is -0.302 e. The third kappa shape index (κ3) is 3.03. The third-order valence-corrected chi connectivity index (χ3v) is 3.36. The molecule has 13 heavy (non-hydrogen) atoms. The fourth-order valence-electron chi connectivity index (χ4n) is 0.933. The topological polar surface area (TPSA) is 29.0 Å². The first-order chi connectivity index (χ1) is 6.00.